The van der Waals surface area contributed by atoms with Gasteiger partial charge in [-0.1, -0.05) is 17.9 Å². The smallest absolute Gasteiger partial charge is 0.256 e. The number of carbonyl (C=O) groups is 1. The van der Waals surface area contributed by atoms with E-state index in [4.69, 9.17) is 5.73 Å². The third-order valence-corrected chi connectivity index (χ3v) is 2.62. The van der Waals surface area contributed by atoms with Gasteiger partial charge in [0, 0.05) is 17.3 Å². The summed E-state index contributed by atoms with van der Waals surface area (Å²) in [5.74, 6) is 5.99. The number of nitrogens with one attached hydrogen (secondary N) is 1. The fraction of sp³-hybridized carbons (Fsp3) is 0.125. The number of pyridine rings is 1. The fourth-order valence-electron chi connectivity index (χ4n) is 1.68. The van der Waals surface area contributed by atoms with E-state index in [1.807, 2.05) is 25.1 Å². The Morgan fingerprint density at radius 1 is 1.35 bits per heavy atom. The van der Waals surface area contributed by atoms with Crippen LogP contribution in [0.15, 0.2) is 42.6 Å². The van der Waals surface area contributed by atoms with Crippen LogP contribution in [-0.2, 0) is 0 Å². The van der Waals surface area contributed by atoms with Crippen LogP contribution in [0.4, 0.5) is 5.82 Å². The third kappa shape index (κ3) is 3.67. The first kappa shape index (κ1) is 13.8. The lowest BCUT2D eigenvalue weighted by atomic mass is 10.1. The van der Waals surface area contributed by atoms with Crippen LogP contribution in [0.3, 0.4) is 0 Å². The van der Waals surface area contributed by atoms with Crippen molar-refractivity contribution in [3.63, 3.8) is 0 Å². The van der Waals surface area contributed by atoms with E-state index in [0.29, 0.717) is 17.9 Å². The zero-order chi connectivity index (χ0) is 14.4. The number of benzene rings is 1. The largest absolute Gasteiger partial charge is 0.320 e. The molecule has 0 spiro atoms. The minimum atomic E-state index is -0.209. The van der Waals surface area contributed by atoms with E-state index in [1.165, 1.54) is 0 Å². The van der Waals surface area contributed by atoms with E-state index < -0.39 is 0 Å². The zero-order valence-electron chi connectivity index (χ0n) is 11.2. The molecule has 0 aliphatic heterocycles. The summed E-state index contributed by atoms with van der Waals surface area (Å²) in [7, 11) is 0. The lowest BCUT2D eigenvalue weighted by molar-refractivity contribution is 0.102. The molecule has 2 aromatic rings. The molecular formula is C16H15N3O. The van der Waals surface area contributed by atoms with E-state index >= 15 is 0 Å². The molecule has 0 aliphatic carbocycles. The summed E-state index contributed by atoms with van der Waals surface area (Å²) in [6.45, 7) is 2.24. The number of hydrogen-bond acceptors (Lipinski definition) is 3. The van der Waals surface area contributed by atoms with Crippen LogP contribution >= 0.6 is 0 Å². The molecule has 3 N–H and O–H groups in total. The Labute approximate surface area is 118 Å². The summed E-state index contributed by atoms with van der Waals surface area (Å²) < 4.78 is 0. The molecule has 0 saturated heterocycles. The Kier molecular flexibility index (Phi) is 4.48. The number of anilines is 1. The standard InChI is InChI=1S/C16H15N3O/c1-12-7-9-18-15(10-12)19-16(20)14-6-2-4-13(11-14)5-3-8-17/h2,4,6-7,9-11H,8,17H2,1H3,(H,18,19,20). The molecule has 0 saturated carbocycles. The van der Waals surface area contributed by atoms with Crippen LogP contribution in [-0.4, -0.2) is 17.4 Å². The van der Waals surface area contributed by atoms with Gasteiger partial charge in [-0.25, -0.2) is 4.98 Å². The minimum Gasteiger partial charge on any atom is -0.320 e. The number of hydrogen-bond donors (Lipinski definition) is 2. The Morgan fingerprint density at radius 3 is 2.95 bits per heavy atom. The molecule has 1 aromatic heterocycles. The molecule has 1 amide bonds. The first-order valence-electron chi connectivity index (χ1n) is 6.22. The van der Waals surface area contributed by atoms with E-state index in [9.17, 15) is 4.79 Å². The highest BCUT2D eigenvalue weighted by Crippen LogP contribution is 2.09. The Balaban J connectivity index is 2.17. The van der Waals surface area contributed by atoms with Crippen molar-refractivity contribution in [3.8, 4) is 11.8 Å². The Bertz CT molecular complexity index is 683. The summed E-state index contributed by atoms with van der Waals surface area (Å²) >= 11 is 0. The Morgan fingerprint density at radius 2 is 2.20 bits per heavy atom. The number of nitrogens with zero attached hydrogens (tertiary/aromatic N) is 1. The van der Waals surface area contributed by atoms with Crippen LogP contribution in [0.25, 0.3) is 0 Å². The van der Waals surface area contributed by atoms with Gasteiger partial charge >= 0.3 is 0 Å². The first-order valence-corrected chi connectivity index (χ1v) is 6.22. The molecule has 0 radical (unpaired) electrons. The van der Waals surface area contributed by atoms with Crippen molar-refractivity contribution < 1.29 is 4.79 Å². The van der Waals surface area contributed by atoms with E-state index in [1.54, 1.807) is 24.4 Å². The molecule has 20 heavy (non-hydrogen) atoms. The van der Waals surface area contributed by atoms with Crippen molar-refractivity contribution in [3.05, 3.63) is 59.3 Å². The second-order valence-electron chi connectivity index (χ2n) is 4.26. The average molecular weight is 265 g/mol. The van der Waals surface area contributed by atoms with Gasteiger partial charge in [-0.15, -0.1) is 0 Å². The second-order valence-corrected chi connectivity index (χ2v) is 4.26. The predicted molar refractivity (Wildman–Crippen MR) is 79.3 cm³/mol. The van der Waals surface area contributed by atoms with Crippen LogP contribution in [0, 0.1) is 18.8 Å². The lowest BCUT2D eigenvalue weighted by Crippen LogP contribution is -2.13. The van der Waals surface area contributed by atoms with Crippen molar-refractivity contribution >= 4 is 11.7 Å². The van der Waals surface area contributed by atoms with Gasteiger partial charge in [-0.3, -0.25) is 4.79 Å². The number of aryl methyl sites for hydroxylation is 1. The first-order chi connectivity index (χ1) is 9.69. The van der Waals surface area contributed by atoms with Gasteiger partial charge in [0.2, 0.25) is 0 Å². The molecule has 0 unspecified atom stereocenters. The SMILES string of the molecule is Cc1ccnc(NC(=O)c2cccc(C#CCN)c2)c1. The highest BCUT2D eigenvalue weighted by atomic mass is 16.1. The van der Waals surface area contributed by atoms with E-state index in [0.717, 1.165) is 11.1 Å². The van der Waals surface area contributed by atoms with Crippen molar-refractivity contribution in [2.75, 3.05) is 11.9 Å². The topological polar surface area (TPSA) is 68.0 Å². The monoisotopic (exact) mass is 265 g/mol. The zero-order valence-corrected chi connectivity index (χ0v) is 11.2. The van der Waals surface area contributed by atoms with Crippen molar-refractivity contribution in [2.45, 2.75) is 6.92 Å². The highest BCUT2D eigenvalue weighted by molar-refractivity contribution is 6.04. The minimum absolute atomic E-state index is 0.209. The summed E-state index contributed by atoms with van der Waals surface area (Å²) in [5.41, 5.74) is 7.67. The van der Waals surface area contributed by atoms with Gasteiger partial charge < -0.3 is 11.1 Å². The molecule has 0 bridgehead atoms. The van der Waals surface area contributed by atoms with Crippen LogP contribution < -0.4 is 11.1 Å². The summed E-state index contributed by atoms with van der Waals surface area (Å²) in [6, 6.07) is 10.8. The van der Waals surface area contributed by atoms with E-state index in [-0.39, 0.29) is 5.91 Å². The van der Waals surface area contributed by atoms with Crippen LogP contribution in [0.5, 0.6) is 0 Å². The second kappa shape index (κ2) is 6.50. The molecule has 0 atom stereocenters. The molecule has 0 aliphatic rings. The molecule has 4 nitrogen and oxygen atoms in total. The highest BCUT2D eigenvalue weighted by Gasteiger charge is 2.07. The van der Waals surface area contributed by atoms with Gasteiger partial charge in [-0.2, -0.15) is 0 Å². The number of carbonyl (C=O) groups excluding carboxylic acids is 1. The molecule has 0 fully saturated rings. The van der Waals surface area contributed by atoms with Crippen molar-refractivity contribution in [1.29, 1.82) is 0 Å². The average Bonchev–Trinajstić information content (AvgIpc) is 2.45. The quantitative estimate of drug-likeness (QED) is 0.815. The molecule has 100 valence electrons. The summed E-state index contributed by atoms with van der Waals surface area (Å²) in [4.78, 5) is 16.2. The normalized spacial score (nSPS) is 9.50. The molecule has 1 heterocycles. The van der Waals surface area contributed by atoms with Gasteiger partial charge in [0.25, 0.3) is 5.91 Å². The molecule has 2 rings (SSSR count). The lowest BCUT2D eigenvalue weighted by Gasteiger charge is -2.05. The van der Waals surface area contributed by atoms with Gasteiger partial charge in [0.15, 0.2) is 0 Å². The number of nitrogens with two attached hydrogens (primary N) is 1. The maximum atomic E-state index is 12.1. The van der Waals surface area contributed by atoms with Gasteiger partial charge in [0.1, 0.15) is 5.82 Å². The van der Waals surface area contributed by atoms with Crippen LogP contribution in [0.1, 0.15) is 21.5 Å². The fourth-order valence-corrected chi connectivity index (χ4v) is 1.68. The maximum absolute atomic E-state index is 12.1. The van der Waals surface area contributed by atoms with Crippen molar-refractivity contribution in [2.24, 2.45) is 5.73 Å². The molecule has 4 heteroatoms. The summed E-state index contributed by atoms with van der Waals surface area (Å²) in [6.07, 6.45) is 1.66. The number of amides is 1. The summed E-state index contributed by atoms with van der Waals surface area (Å²) in [5, 5.41) is 2.76. The van der Waals surface area contributed by atoms with Gasteiger partial charge in [-0.05, 0) is 42.8 Å². The van der Waals surface area contributed by atoms with Gasteiger partial charge in [0.05, 0.1) is 6.54 Å². The van der Waals surface area contributed by atoms with Crippen LogP contribution in [0.2, 0.25) is 0 Å². The number of rotatable bonds is 2. The van der Waals surface area contributed by atoms with Crippen molar-refractivity contribution in [1.82, 2.24) is 4.98 Å². The third-order valence-electron chi connectivity index (χ3n) is 2.62. The predicted octanol–water partition coefficient (Wildman–Crippen LogP) is 1.95. The molecular weight excluding hydrogens is 250 g/mol. The maximum Gasteiger partial charge on any atom is 0.256 e. The Hall–Kier alpha value is -2.64. The van der Waals surface area contributed by atoms with E-state index in [2.05, 4.69) is 22.1 Å². The number of aromatic nitrogens is 1. The molecule has 1 aromatic carbocycles.